The quantitative estimate of drug-likeness (QED) is 0.377. The van der Waals surface area contributed by atoms with Gasteiger partial charge in [0.1, 0.15) is 11.5 Å². The number of methoxy groups -OCH3 is 2. The van der Waals surface area contributed by atoms with Gasteiger partial charge in [0, 0.05) is 0 Å². The molecule has 0 aliphatic rings. The molecule has 2 nitrogen and oxygen atoms in total. The molecular formula is C28H26O2. The van der Waals surface area contributed by atoms with Crippen LogP contribution in [0.25, 0.3) is 24.3 Å². The molecule has 0 atom stereocenters. The molecule has 0 spiro atoms. The van der Waals surface area contributed by atoms with E-state index in [1.807, 2.05) is 60.7 Å². The molecule has 0 saturated heterocycles. The molecule has 0 aromatic heterocycles. The number of rotatable bonds is 8. The van der Waals surface area contributed by atoms with Crippen LogP contribution in [0.1, 0.15) is 22.3 Å². The lowest BCUT2D eigenvalue weighted by atomic mass is 10.1. The summed E-state index contributed by atoms with van der Waals surface area (Å²) in [5.74, 6) is 1.73. The predicted molar refractivity (Wildman–Crippen MR) is 129 cm³/mol. The SMILES string of the molecule is COc1ccc(/C=C/C=C/c2ccccc2/C=C/C=C/c2ccc(OC)cc2)cc1. The Morgan fingerprint density at radius 2 is 0.833 bits per heavy atom. The highest BCUT2D eigenvalue weighted by Gasteiger charge is 1.93. The van der Waals surface area contributed by atoms with Crippen LogP contribution >= 0.6 is 0 Å². The average Bonchev–Trinajstić information content (AvgIpc) is 2.81. The molecule has 0 N–H and O–H groups in total. The van der Waals surface area contributed by atoms with Gasteiger partial charge in [-0.25, -0.2) is 0 Å². The van der Waals surface area contributed by atoms with Crippen LogP contribution in [0.5, 0.6) is 11.5 Å². The van der Waals surface area contributed by atoms with Crippen LogP contribution in [0.3, 0.4) is 0 Å². The van der Waals surface area contributed by atoms with Gasteiger partial charge in [0.15, 0.2) is 0 Å². The van der Waals surface area contributed by atoms with Crippen molar-refractivity contribution in [1.29, 1.82) is 0 Å². The van der Waals surface area contributed by atoms with Gasteiger partial charge in [0.2, 0.25) is 0 Å². The van der Waals surface area contributed by atoms with Gasteiger partial charge < -0.3 is 9.47 Å². The predicted octanol–water partition coefficient (Wildman–Crippen LogP) is 7.16. The van der Waals surface area contributed by atoms with Crippen LogP contribution in [0.2, 0.25) is 0 Å². The normalized spacial score (nSPS) is 11.8. The van der Waals surface area contributed by atoms with E-state index >= 15 is 0 Å². The van der Waals surface area contributed by atoms with Crippen molar-refractivity contribution in [2.45, 2.75) is 0 Å². The first kappa shape index (κ1) is 20.9. The van der Waals surface area contributed by atoms with E-state index in [0.717, 1.165) is 22.6 Å². The second-order valence-corrected chi connectivity index (χ2v) is 6.61. The number of ether oxygens (including phenoxy) is 2. The Kier molecular flexibility index (Phi) is 7.87. The van der Waals surface area contributed by atoms with Gasteiger partial charge in [-0.2, -0.15) is 0 Å². The van der Waals surface area contributed by atoms with Crippen molar-refractivity contribution in [1.82, 2.24) is 0 Å². The molecule has 150 valence electrons. The molecule has 2 heteroatoms. The summed E-state index contributed by atoms with van der Waals surface area (Å²) in [6.45, 7) is 0. The van der Waals surface area contributed by atoms with Crippen LogP contribution in [0.15, 0.2) is 97.1 Å². The van der Waals surface area contributed by atoms with Crippen LogP contribution in [0, 0.1) is 0 Å². The zero-order chi connectivity index (χ0) is 21.0. The van der Waals surface area contributed by atoms with E-state index < -0.39 is 0 Å². The van der Waals surface area contributed by atoms with E-state index in [1.165, 1.54) is 11.1 Å². The fourth-order valence-electron chi connectivity index (χ4n) is 2.90. The van der Waals surface area contributed by atoms with Gasteiger partial charge in [0.25, 0.3) is 0 Å². The highest BCUT2D eigenvalue weighted by molar-refractivity contribution is 5.68. The second-order valence-electron chi connectivity index (χ2n) is 6.61. The lowest BCUT2D eigenvalue weighted by Gasteiger charge is -2.00. The van der Waals surface area contributed by atoms with Crippen molar-refractivity contribution in [2.24, 2.45) is 0 Å². The number of hydrogen-bond acceptors (Lipinski definition) is 2. The van der Waals surface area contributed by atoms with E-state index in [-0.39, 0.29) is 0 Å². The summed E-state index contributed by atoms with van der Waals surface area (Å²) < 4.78 is 10.4. The standard InChI is InChI=1S/C28H26O2/c1-29-27-19-15-23(16-20-27)9-3-5-11-25-13-7-8-14-26(25)12-6-4-10-24-17-21-28(30-2)22-18-24/h3-22H,1-2H3/b9-3+,10-4+,11-5+,12-6+. The monoisotopic (exact) mass is 394 g/mol. The number of benzene rings is 3. The molecule has 0 bridgehead atoms. The molecule has 0 heterocycles. The maximum atomic E-state index is 5.19. The highest BCUT2D eigenvalue weighted by Crippen LogP contribution is 2.15. The second kappa shape index (κ2) is 11.3. The Labute approximate surface area is 179 Å². The van der Waals surface area contributed by atoms with Gasteiger partial charge in [-0.15, -0.1) is 0 Å². The third kappa shape index (κ3) is 6.39. The minimum absolute atomic E-state index is 0.865. The van der Waals surface area contributed by atoms with Crippen LogP contribution in [0.4, 0.5) is 0 Å². The first-order valence-corrected chi connectivity index (χ1v) is 9.85. The summed E-state index contributed by atoms with van der Waals surface area (Å²) >= 11 is 0. The summed E-state index contributed by atoms with van der Waals surface area (Å²) in [4.78, 5) is 0. The molecule has 0 saturated carbocycles. The fourth-order valence-corrected chi connectivity index (χ4v) is 2.90. The van der Waals surface area contributed by atoms with Crippen molar-refractivity contribution in [3.63, 3.8) is 0 Å². The molecule has 3 aromatic rings. The summed E-state index contributed by atoms with van der Waals surface area (Å²) in [7, 11) is 3.35. The summed E-state index contributed by atoms with van der Waals surface area (Å²) in [5, 5.41) is 0. The van der Waals surface area contributed by atoms with Crippen molar-refractivity contribution in [3.8, 4) is 11.5 Å². The Hall–Kier alpha value is -3.78. The topological polar surface area (TPSA) is 18.5 Å². The van der Waals surface area contributed by atoms with Crippen molar-refractivity contribution < 1.29 is 9.47 Å². The first-order valence-electron chi connectivity index (χ1n) is 9.85. The molecule has 0 aliphatic carbocycles. The van der Waals surface area contributed by atoms with Gasteiger partial charge in [-0.1, -0.05) is 97.1 Å². The molecule has 3 aromatic carbocycles. The van der Waals surface area contributed by atoms with E-state index in [4.69, 9.17) is 9.47 Å². The van der Waals surface area contributed by atoms with E-state index in [1.54, 1.807) is 14.2 Å². The van der Waals surface area contributed by atoms with Crippen molar-refractivity contribution in [3.05, 3.63) is 119 Å². The van der Waals surface area contributed by atoms with Crippen molar-refractivity contribution >= 4 is 24.3 Å². The largest absolute Gasteiger partial charge is 0.497 e. The Morgan fingerprint density at radius 3 is 1.20 bits per heavy atom. The van der Waals surface area contributed by atoms with Crippen LogP contribution in [-0.4, -0.2) is 14.2 Å². The minimum Gasteiger partial charge on any atom is -0.497 e. The van der Waals surface area contributed by atoms with E-state index in [0.29, 0.717) is 0 Å². The number of hydrogen-bond donors (Lipinski definition) is 0. The Morgan fingerprint density at radius 1 is 0.467 bits per heavy atom. The molecule has 0 aliphatic heterocycles. The fraction of sp³-hybridized carbons (Fsp3) is 0.0714. The third-order valence-corrected chi connectivity index (χ3v) is 4.58. The highest BCUT2D eigenvalue weighted by atomic mass is 16.5. The average molecular weight is 395 g/mol. The molecule has 0 radical (unpaired) electrons. The zero-order valence-electron chi connectivity index (χ0n) is 17.4. The summed E-state index contributed by atoms with van der Waals surface area (Å²) in [6.07, 6.45) is 16.6. The summed E-state index contributed by atoms with van der Waals surface area (Å²) in [6, 6.07) is 24.3. The summed E-state index contributed by atoms with van der Waals surface area (Å²) in [5.41, 5.74) is 4.62. The smallest absolute Gasteiger partial charge is 0.118 e. The Balaban J connectivity index is 1.62. The molecular weight excluding hydrogens is 368 g/mol. The molecule has 0 amide bonds. The van der Waals surface area contributed by atoms with E-state index in [9.17, 15) is 0 Å². The van der Waals surface area contributed by atoms with Crippen LogP contribution in [-0.2, 0) is 0 Å². The van der Waals surface area contributed by atoms with E-state index in [2.05, 4.69) is 60.7 Å². The Bertz CT molecular complexity index is 950. The van der Waals surface area contributed by atoms with Gasteiger partial charge >= 0.3 is 0 Å². The van der Waals surface area contributed by atoms with Crippen molar-refractivity contribution in [2.75, 3.05) is 14.2 Å². The number of allylic oxidation sites excluding steroid dienone is 4. The molecule has 30 heavy (non-hydrogen) atoms. The lowest BCUT2D eigenvalue weighted by Crippen LogP contribution is -1.81. The molecule has 0 unspecified atom stereocenters. The molecule has 0 fully saturated rings. The van der Waals surface area contributed by atoms with Gasteiger partial charge in [-0.05, 0) is 46.5 Å². The zero-order valence-corrected chi connectivity index (χ0v) is 17.4. The van der Waals surface area contributed by atoms with Crippen LogP contribution < -0.4 is 9.47 Å². The maximum Gasteiger partial charge on any atom is 0.118 e. The minimum atomic E-state index is 0.865. The lowest BCUT2D eigenvalue weighted by molar-refractivity contribution is 0.414. The molecule has 3 rings (SSSR count). The third-order valence-electron chi connectivity index (χ3n) is 4.58. The van der Waals surface area contributed by atoms with Gasteiger partial charge in [-0.3, -0.25) is 0 Å². The maximum absolute atomic E-state index is 5.19. The first-order chi connectivity index (χ1) is 14.8. The van der Waals surface area contributed by atoms with Gasteiger partial charge in [0.05, 0.1) is 14.2 Å².